The molecule has 0 saturated carbocycles. The molecule has 0 bridgehead atoms. The lowest BCUT2D eigenvalue weighted by atomic mass is 9.83. The number of ether oxygens (including phenoxy) is 1. The van der Waals surface area contributed by atoms with E-state index in [0.29, 0.717) is 11.3 Å². The molecule has 16 heavy (non-hydrogen) atoms. The highest BCUT2D eigenvalue weighted by Gasteiger charge is 2.29. The van der Waals surface area contributed by atoms with Crippen molar-refractivity contribution in [3.8, 4) is 5.75 Å². The van der Waals surface area contributed by atoms with Gasteiger partial charge >= 0.3 is 0 Å². The molecule has 0 aromatic heterocycles. The third-order valence-electron chi connectivity index (χ3n) is 2.59. The normalized spacial score (nSPS) is 13.3. The van der Waals surface area contributed by atoms with Crippen molar-refractivity contribution in [2.24, 2.45) is 11.1 Å². The van der Waals surface area contributed by atoms with Gasteiger partial charge in [0, 0.05) is 0 Å². The van der Waals surface area contributed by atoms with Gasteiger partial charge in [-0.05, 0) is 17.5 Å². The average molecular weight is 221 g/mol. The molecule has 0 aliphatic heterocycles. The van der Waals surface area contributed by atoms with Gasteiger partial charge in [0.05, 0.1) is 18.7 Å². The van der Waals surface area contributed by atoms with Crippen molar-refractivity contribution in [3.05, 3.63) is 29.8 Å². The predicted octanol–water partition coefficient (Wildman–Crippen LogP) is 2.25. The number of nitrogens with two attached hydrogens (primary N) is 1. The van der Waals surface area contributed by atoms with Gasteiger partial charge in [0.15, 0.2) is 5.78 Å². The van der Waals surface area contributed by atoms with E-state index in [-0.39, 0.29) is 11.2 Å². The molecule has 1 rings (SSSR count). The topological polar surface area (TPSA) is 52.3 Å². The number of carbonyl (C=O) groups excluding carboxylic acids is 1. The molecule has 0 aliphatic carbocycles. The summed E-state index contributed by atoms with van der Waals surface area (Å²) in [5.74, 6) is 0.497. The number of para-hydroxylation sites is 1. The van der Waals surface area contributed by atoms with Crippen LogP contribution in [0.2, 0.25) is 0 Å². The maximum atomic E-state index is 12.2. The molecule has 0 spiro atoms. The van der Waals surface area contributed by atoms with Crippen molar-refractivity contribution < 1.29 is 9.53 Å². The molecule has 1 atom stereocenters. The van der Waals surface area contributed by atoms with Crippen LogP contribution in [0, 0.1) is 5.41 Å². The molecule has 0 amide bonds. The molecule has 2 N–H and O–H groups in total. The molecule has 1 unspecified atom stereocenters. The molecular weight excluding hydrogens is 202 g/mol. The lowest BCUT2D eigenvalue weighted by Gasteiger charge is -2.26. The Bertz CT molecular complexity index is 380. The molecule has 1 aromatic rings. The number of rotatable bonds is 3. The maximum Gasteiger partial charge on any atom is 0.183 e. The van der Waals surface area contributed by atoms with Crippen LogP contribution < -0.4 is 10.5 Å². The van der Waals surface area contributed by atoms with Crippen molar-refractivity contribution in [3.63, 3.8) is 0 Å². The van der Waals surface area contributed by atoms with Gasteiger partial charge in [0.1, 0.15) is 5.75 Å². The monoisotopic (exact) mass is 221 g/mol. The van der Waals surface area contributed by atoms with Crippen molar-refractivity contribution in [2.75, 3.05) is 7.11 Å². The Kier molecular flexibility index (Phi) is 3.70. The van der Waals surface area contributed by atoms with Crippen LogP contribution in [0.25, 0.3) is 0 Å². The van der Waals surface area contributed by atoms with E-state index in [1.165, 1.54) is 0 Å². The van der Waals surface area contributed by atoms with E-state index in [1.807, 2.05) is 32.9 Å². The Morgan fingerprint density at radius 2 is 1.88 bits per heavy atom. The number of benzene rings is 1. The summed E-state index contributed by atoms with van der Waals surface area (Å²) in [5, 5.41) is 0. The predicted molar refractivity (Wildman–Crippen MR) is 64.8 cm³/mol. The summed E-state index contributed by atoms with van der Waals surface area (Å²) < 4.78 is 5.15. The second-order valence-corrected chi connectivity index (χ2v) is 4.91. The fourth-order valence-electron chi connectivity index (χ4n) is 1.41. The number of Topliss-reactive ketones (excluding diaryl/α,β-unsaturated/α-hetero) is 1. The Morgan fingerprint density at radius 3 is 2.38 bits per heavy atom. The summed E-state index contributed by atoms with van der Waals surface area (Å²) in [4.78, 5) is 12.2. The second kappa shape index (κ2) is 4.66. The first-order valence-electron chi connectivity index (χ1n) is 5.30. The van der Waals surface area contributed by atoms with E-state index in [0.717, 1.165) is 0 Å². The fraction of sp³-hybridized carbons (Fsp3) is 0.462. The second-order valence-electron chi connectivity index (χ2n) is 4.91. The molecule has 0 saturated heterocycles. The number of hydrogen-bond donors (Lipinski definition) is 1. The van der Waals surface area contributed by atoms with Gasteiger partial charge in [-0.3, -0.25) is 4.79 Å². The summed E-state index contributed by atoms with van der Waals surface area (Å²) in [6.45, 7) is 5.85. The molecule has 88 valence electrons. The Hall–Kier alpha value is -1.35. The minimum atomic E-state index is -0.524. The zero-order valence-corrected chi connectivity index (χ0v) is 10.3. The van der Waals surface area contributed by atoms with Gasteiger partial charge in [-0.25, -0.2) is 0 Å². The summed E-state index contributed by atoms with van der Waals surface area (Å²) in [7, 11) is 1.55. The van der Waals surface area contributed by atoms with Crippen LogP contribution in [-0.2, 0) is 0 Å². The molecular formula is C13H19NO2. The van der Waals surface area contributed by atoms with E-state index in [9.17, 15) is 4.79 Å². The Labute approximate surface area is 96.6 Å². The minimum Gasteiger partial charge on any atom is -0.496 e. The minimum absolute atomic E-state index is 0.0787. The third kappa shape index (κ3) is 2.61. The largest absolute Gasteiger partial charge is 0.496 e. The average Bonchev–Trinajstić information content (AvgIpc) is 2.25. The quantitative estimate of drug-likeness (QED) is 0.796. The zero-order valence-electron chi connectivity index (χ0n) is 10.3. The SMILES string of the molecule is COc1ccccc1C(=O)C(N)C(C)(C)C. The third-order valence-corrected chi connectivity index (χ3v) is 2.59. The highest BCUT2D eigenvalue weighted by atomic mass is 16.5. The summed E-state index contributed by atoms with van der Waals surface area (Å²) >= 11 is 0. The van der Waals surface area contributed by atoms with Gasteiger partial charge in [-0.1, -0.05) is 32.9 Å². The van der Waals surface area contributed by atoms with Crippen LogP contribution in [0.1, 0.15) is 31.1 Å². The van der Waals surface area contributed by atoms with E-state index in [4.69, 9.17) is 10.5 Å². The molecule has 0 aliphatic rings. The van der Waals surface area contributed by atoms with Crippen molar-refractivity contribution in [2.45, 2.75) is 26.8 Å². The van der Waals surface area contributed by atoms with Crippen LogP contribution in [0.4, 0.5) is 0 Å². The smallest absolute Gasteiger partial charge is 0.183 e. The van der Waals surface area contributed by atoms with Gasteiger partial charge in [0.2, 0.25) is 0 Å². The lowest BCUT2D eigenvalue weighted by molar-refractivity contribution is 0.0898. The molecule has 0 heterocycles. The number of hydrogen-bond acceptors (Lipinski definition) is 3. The first-order valence-corrected chi connectivity index (χ1v) is 5.30. The van der Waals surface area contributed by atoms with Crippen molar-refractivity contribution >= 4 is 5.78 Å². The number of methoxy groups -OCH3 is 1. The van der Waals surface area contributed by atoms with Crippen LogP contribution in [0.3, 0.4) is 0 Å². The molecule has 0 fully saturated rings. The first-order chi connectivity index (χ1) is 7.38. The highest BCUT2D eigenvalue weighted by molar-refractivity contribution is 6.02. The van der Waals surface area contributed by atoms with Crippen LogP contribution >= 0.6 is 0 Å². The fourth-order valence-corrected chi connectivity index (χ4v) is 1.41. The standard InChI is InChI=1S/C13H19NO2/c1-13(2,3)12(14)11(15)9-7-5-6-8-10(9)16-4/h5-8,12H,14H2,1-4H3. The van der Waals surface area contributed by atoms with Crippen LogP contribution in [0.5, 0.6) is 5.75 Å². The van der Waals surface area contributed by atoms with E-state index < -0.39 is 6.04 Å². The van der Waals surface area contributed by atoms with E-state index in [2.05, 4.69) is 0 Å². The number of carbonyl (C=O) groups is 1. The highest BCUT2D eigenvalue weighted by Crippen LogP contribution is 2.25. The van der Waals surface area contributed by atoms with Gasteiger partial charge < -0.3 is 10.5 Å². The Balaban J connectivity index is 3.05. The van der Waals surface area contributed by atoms with E-state index >= 15 is 0 Å². The van der Waals surface area contributed by atoms with Crippen LogP contribution in [0.15, 0.2) is 24.3 Å². The van der Waals surface area contributed by atoms with Crippen LogP contribution in [-0.4, -0.2) is 18.9 Å². The maximum absolute atomic E-state index is 12.2. The van der Waals surface area contributed by atoms with E-state index in [1.54, 1.807) is 19.2 Å². The molecule has 0 radical (unpaired) electrons. The molecule has 1 aromatic carbocycles. The molecule has 3 nitrogen and oxygen atoms in total. The lowest BCUT2D eigenvalue weighted by Crippen LogP contribution is -2.42. The first kappa shape index (κ1) is 12.7. The zero-order chi connectivity index (χ0) is 12.3. The van der Waals surface area contributed by atoms with Crippen molar-refractivity contribution in [1.82, 2.24) is 0 Å². The summed E-state index contributed by atoms with van der Waals surface area (Å²) in [6.07, 6.45) is 0. The number of ketones is 1. The Morgan fingerprint density at radius 1 is 1.31 bits per heavy atom. The van der Waals surface area contributed by atoms with Gasteiger partial charge in [-0.15, -0.1) is 0 Å². The summed E-state index contributed by atoms with van der Waals surface area (Å²) in [5.41, 5.74) is 6.24. The molecule has 3 heteroatoms. The van der Waals surface area contributed by atoms with Gasteiger partial charge in [-0.2, -0.15) is 0 Å². The van der Waals surface area contributed by atoms with Gasteiger partial charge in [0.25, 0.3) is 0 Å². The van der Waals surface area contributed by atoms with Crippen molar-refractivity contribution in [1.29, 1.82) is 0 Å². The summed E-state index contributed by atoms with van der Waals surface area (Å²) in [6, 6.07) is 6.63.